The van der Waals surface area contributed by atoms with Crippen molar-refractivity contribution >= 4 is 9.24 Å². The van der Waals surface area contributed by atoms with Crippen molar-refractivity contribution in [2.75, 3.05) is 0 Å². The zero-order valence-corrected chi connectivity index (χ0v) is 5.45. The van der Waals surface area contributed by atoms with Gasteiger partial charge in [0, 0.05) is 0 Å². The molecule has 1 rings (SSSR count). The molecule has 0 spiro atoms. The minimum atomic E-state index is 0.730. The Morgan fingerprint density at radius 1 is 1.00 bits per heavy atom. The summed E-state index contributed by atoms with van der Waals surface area (Å²) in [6.07, 6.45) is 6.96. The third kappa shape index (κ3) is 1.78. The van der Waals surface area contributed by atoms with Crippen molar-refractivity contribution in [2.45, 2.75) is 37.8 Å². The van der Waals surface area contributed by atoms with Crippen LogP contribution < -0.4 is 0 Å². The van der Waals surface area contributed by atoms with Gasteiger partial charge in [-0.2, -0.15) is 0 Å². The SMILES string of the molecule is [P]C1CCCCC1. The fourth-order valence-corrected chi connectivity index (χ4v) is 1.45. The predicted octanol–water partition coefficient (Wildman–Crippen LogP) is 2.73. The summed E-state index contributed by atoms with van der Waals surface area (Å²) in [5.74, 6) is 0. The topological polar surface area (TPSA) is 0 Å². The lowest BCUT2D eigenvalue weighted by Gasteiger charge is -2.14. The lowest BCUT2D eigenvalue weighted by Crippen LogP contribution is -2.02. The van der Waals surface area contributed by atoms with E-state index in [1.54, 1.807) is 0 Å². The van der Waals surface area contributed by atoms with E-state index >= 15 is 0 Å². The van der Waals surface area contributed by atoms with Crippen molar-refractivity contribution in [1.29, 1.82) is 0 Å². The molecule has 40 valence electrons. The maximum absolute atomic E-state index is 4.36. The van der Waals surface area contributed by atoms with Gasteiger partial charge < -0.3 is 0 Å². The molecule has 0 heterocycles. The monoisotopic (exact) mass is 114 g/mol. The van der Waals surface area contributed by atoms with Gasteiger partial charge in [0.1, 0.15) is 0 Å². The Morgan fingerprint density at radius 2 is 1.57 bits per heavy atom. The zero-order valence-electron chi connectivity index (χ0n) is 4.56. The van der Waals surface area contributed by atoms with Crippen LogP contribution in [0.25, 0.3) is 0 Å². The molecule has 1 aliphatic rings. The highest BCUT2D eigenvalue weighted by atomic mass is 31.0. The Kier molecular flexibility index (Phi) is 2.12. The first kappa shape index (κ1) is 5.56. The molecule has 0 bridgehead atoms. The summed E-state index contributed by atoms with van der Waals surface area (Å²) in [4.78, 5) is 0. The van der Waals surface area contributed by atoms with E-state index in [1.165, 1.54) is 32.1 Å². The van der Waals surface area contributed by atoms with Crippen LogP contribution in [0.15, 0.2) is 0 Å². The third-order valence-corrected chi connectivity index (χ3v) is 2.09. The smallest absolute Gasteiger partial charge is 0.0125 e. The number of rotatable bonds is 0. The van der Waals surface area contributed by atoms with Gasteiger partial charge in [0.05, 0.1) is 0 Å². The van der Waals surface area contributed by atoms with Gasteiger partial charge in [-0.05, 0) is 27.7 Å². The average Bonchev–Trinajstić information content (AvgIpc) is 1.69. The molecule has 7 heavy (non-hydrogen) atoms. The van der Waals surface area contributed by atoms with Crippen LogP contribution in [0.1, 0.15) is 32.1 Å². The van der Waals surface area contributed by atoms with Crippen LogP contribution in [-0.2, 0) is 0 Å². The summed E-state index contributed by atoms with van der Waals surface area (Å²) in [5.41, 5.74) is 0.730. The first-order valence-electron chi connectivity index (χ1n) is 3.07. The van der Waals surface area contributed by atoms with Gasteiger partial charge in [-0.3, -0.25) is 0 Å². The third-order valence-electron chi connectivity index (χ3n) is 1.57. The van der Waals surface area contributed by atoms with Crippen molar-refractivity contribution in [3.63, 3.8) is 0 Å². The van der Waals surface area contributed by atoms with Crippen LogP contribution in [-0.4, -0.2) is 5.66 Å². The van der Waals surface area contributed by atoms with E-state index in [0.717, 1.165) is 5.66 Å². The van der Waals surface area contributed by atoms with Crippen LogP contribution in [0.3, 0.4) is 0 Å². The fourth-order valence-electron chi connectivity index (χ4n) is 1.08. The van der Waals surface area contributed by atoms with E-state index in [1.807, 2.05) is 0 Å². The minimum Gasteiger partial charge on any atom is -0.0533 e. The fraction of sp³-hybridized carbons (Fsp3) is 1.00. The second-order valence-corrected chi connectivity index (χ2v) is 3.02. The average molecular weight is 114 g/mol. The maximum atomic E-state index is 4.36. The van der Waals surface area contributed by atoms with E-state index in [0.29, 0.717) is 0 Å². The van der Waals surface area contributed by atoms with Crippen molar-refractivity contribution in [1.82, 2.24) is 0 Å². The first-order valence-corrected chi connectivity index (χ1v) is 3.59. The molecule has 1 saturated carbocycles. The summed E-state index contributed by atoms with van der Waals surface area (Å²) in [6, 6.07) is 0. The molecule has 1 heteroatoms. The zero-order chi connectivity index (χ0) is 5.11. The van der Waals surface area contributed by atoms with E-state index < -0.39 is 0 Å². The van der Waals surface area contributed by atoms with Crippen molar-refractivity contribution in [3.05, 3.63) is 0 Å². The molecule has 0 amide bonds. The second-order valence-electron chi connectivity index (χ2n) is 2.29. The summed E-state index contributed by atoms with van der Waals surface area (Å²) >= 11 is 0. The standard InChI is InChI=1S/C6H11P/c7-6-4-2-1-3-5-6/h6H,1-5H2. The molecule has 0 aromatic carbocycles. The van der Waals surface area contributed by atoms with Gasteiger partial charge in [-0.1, -0.05) is 19.3 Å². The molecule has 0 aliphatic heterocycles. The Labute approximate surface area is 47.9 Å². The molecule has 0 unspecified atom stereocenters. The largest absolute Gasteiger partial charge is 0.0533 e. The molecule has 0 saturated heterocycles. The van der Waals surface area contributed by atoms with Gasteiger partial charge in [0.2, 0.25) is 0 Å². The van der Waals surface area contributed by atoms with Crippen LogP contribution >= 0.6 is 9.24 Å². The van der Waals surface area contributed by atoms with Crippen LogP contribution in [0.4, 0.5) is 0 Å². The van der Waals surface area contributed by atoms with Gasteiger partial charge in [-0.15, -0.1) is 0 Å². The molecule has 1 aliphatic carbocycles. The van der Waals surface area contributed by atoms with Crippen molar-refractivity contribution < 1.29 is 0 Å². The highest BCUT2D eigenvalue weighted by Crippen LogP contribution is 2.23. The molecule has 2 radical (unpaired) electrons. The van der Waals surface area contributed by atoms with Gasteiger partial charge in [0.25, 0.3) is 0 Å². The minimum absolute atomic E-state index is 0.730. The molecular formula is C6H11P. The van der Waals surface area contributed by atoms with Gasteiger partial charge >= 0.3 is 0 Å². The summed E-state index contributed by atoms with van der Waals surface area (Å²) in [6.45, 7) is 0. The number of hydrogen-bond donors (Lipinski definition) is 0. The molecule has 1 fully saturated rings. The van der Waals surface area contributed by atoms with Crippen molar-refractivity contribution in [2.24, 2.45) is 0 Å². The lowest BCUT2D eigenvalue weighted by molar-refractivity contribution is 0.516. The molecule has 0 aromatic heterocycles. The van der Waals surface area contributed by atoms with E-state index in [9.17, 15) is 0 Å². The molecule has 0 nitrogen and oxygen atoms in total. The Bertz CT molecular complexity index is 46.1. The van der Waals surface area contributed by atoms with Crippen LogP contribution in [0.2, 0.25) is 0 Å². The highest BCUT2D eigenvalue weighted by Gasteiger charge is 2.06. The van der Waals surface area contributed by atoms with E-state index in [2.05, 4.69) is 9.24 Å². The Morgan fingerprint density at radius 3 is 1.86 bits per heavy atom. The second kappa shape index (κ2) is 2.67. The molecular weight excluding hydrogens is 103 g/mol. The molecule has 0 aromatic rings. The summed E-state index contributed by atoms with van der Waals surface area (Å²) in [5, 5.41) is 0. The van der Waals surface area contributed by atoms with Crippen molar-refractivity contribution in [3.8, 4) is 0 Å². The Balaban J connectivity index is 2.12. The molecule has 0 atom stereocenters. The lowest BCUT2D eigenvalue weighted by atomic mass is 10.0. The summed E-state index contributed by atoms with van der Waals surface area (Å²) in [7, 11) is 4.36. The van der Waals surface area contributed by atoms with Gasteiger partial charge in [-0.25, -0.2) is 0 Å². The quantitative estimate of drug-likeness (QED) is 0.425. The van der Waals surface area contributed by atoms with E-state index in [-0.39, 0.29) is 0 Å². The molecule has 0 N–H and O–H groups in total. The number of hydrogen-bond acceptors (Lipinski definition) is 0. The van der Waals surface area contributed by atoms with Gasteiger partial charge in [0.15, 0.2) is 0 Å². The maximum Gasteiger partial charge on any atom is -0.0125 e. The Hall–Kier alpha value is 0.430. The summed E-state index contributed by atoms with van der Waals surface area (Å²) < 4.78 is 0. The van der Waals surface area contributed by atoms with E-state index in [4.69, 9.17) is 0 Å². The van der Waals surface area contributed by atoms with Crippen LogP contribution in [0.5, 0.6) is 0 Å². The normalized spacial score (nSPS) is 25.3. The van der Waals surface area contributed by atoms with Crippen LogP contribution in [0, 0.1) is 0 Å². The highest BCUT2D eigenvalue weighted by molar-refractivity contribution is 7.17. The predicted molar refractivity (Wildman–Crippen MR) is 33.8 cm³/mol. The first-order chi connectivity index (χ1) is 3.39.